The number of hydrogen-bond donors (Lipinski definition) is 3. The summed E-state index contributed by atoms with van der Waals surface area (Å²) in [6.07, 6.45) is 3.97. The van der Waals surface area contributed by atoms with E-state index in [0.717, 1.165) is 24.6 Å². The van der Waals surface area contributed by atoms with Gasteiger partial charge in [0.25, 0.3) is 5.91 Å². The molecule has 1 spiro atoms. The van der Waals surface area contributed by atoms with Gasteiger partial charge in [-0.15, -0.1) is 23.5 Å². The van der Waals surface area contributed by atoms with Gasteiger partial charge in [-0.25, -0.2) is 0 Å². The second-order valence-corrected chi connectivity index (χ2v) is 13.9. The lowest BCUT2D eigenvalue weighted by atomic mass is 10.0. The highest BCUT2D eigenvalue weighted by molar-refractivity contribution is 8.18. The number of hydrogen-bond acceptors (Lipinski definition) is 8. The SMILES string of the molecule is CCCC(NC(=O)C1CC2(CN1CC)SCCCCS2)C(=O)C(=O)NCC(=O)N[C@H](C(=O)N(C)C)c1ccccc1. The molecule has 0 radical (unpaired) electrons. The predicted octanol–water partition coefficient (Wildman–Crippen LogP) is 1.95. The first-order valence-corrected chi connectivity index (χ1v) is 16.3. The molecule has 3 atom stereocenters. The third-order valence-electron chi connectivity index (χ3n) is 7.34. The Hall–Kier alpha value is -2.57. The summed E-state index contributed by atoms with van der Waals surface area (Å²) in [7, 11) is 3.18. The quantitative estimate of drug-likeness (QED) is 0.309. The predicted molar refractivity (Wildman–Crippen MR) is 163 cm³/mol. The van der Waals surface area contributed by atoms with Crippen LogP contribution in [0.4, 0.5) is 0 Å². The molecular formula is C29H43N5O5S2. The topological polar surface area (TPSA) is 128 Å². The molecule has 41 heavy (non-hydrogen) atoms. The summed E-state index contributed by atoms with van der Waals surface area (Å²) in [6, 6.07) is 6.52. The van der Waals surface area contributed by atoms with Crippen LogP contribution in [0.15, 0.2) is 30.3 Å². The molecule has 1 aromatic carbocycles. The van der Waals surface area contributed by atoms with E-state index < -0.39 is 36.2 Å². The first kappa shape index (κ1) is 32.9. The Kier molecular flexibility index (Phi) is 12.5. The molecule has 0 aliphatic carbocycles. The van der Waals surface area contributed by atoms with E-state index in [-0.39, 0.29) is 21.9 Å². The smallest absolute Gasteiger partial charge is 0.290 e. The molecule has 0 saturated carbocycles. The molecule has 2 aliphatic rings. The van der Waals surface area contributed by atoms with Crippen molar-refractivity contribution in [3.63, 3.8) is 0 Å². The first-order chi connectivity index (χ1) is 19.6. The Morgan fingerprint density at radius 3 is 2.27 bits per heavy atom. The second-order valence-electron chi connectivity index (χ2n) is 10.6. The highest BCUT2D eigenvalue weighted by Gasteiger charge is 2.48. The van der Waals surface area contributed by atoms with Gasteiger partial charge in [-0.05, 0) is 49.3 Å². The van der Waals surface area contributed by atoms with Crippen LogP contribution in [-0.2, 0) is 24.0 Å². The van der Waals surface area contributed by atoms with Crippen molar-refractivity contribution in [1.82, 2.24) is 25.8 Å². The van der Waals surface area contributed by atoms with Crippen LogP contribution in [0.1, 0.15) is 57.6 Å². The van der Waals surface area contributed by atoms with Gasteiger partial charge in [-0.2, -0.15) is 0 Å². The molecule has 2 saturated heterocycles. The Labute approximate surface area is 251 Å². The van der Waals surface area contributed by atoms with Crippen molar-refractivity contribution < 1.29 is 24.0 Å². The Bertz CT molecular complexity index is 1080. The molecule has 1 aromatic rings. The summed E-state index contributed by atoms with van der Waals surface area (Å²) < 4.78 is -0.0188. The summed E-state index contributed by atoms with van der Waals surface area (Å²) in [5.74, 6) is -0.741. The van der Waals surface area contributed by atoms with E-state index in [2.05, 4.69) is 20.9 Å². The lowest BCUT2D eigenvalue weighted by Gasteiger charge is -2.26. The number of carbonyl (C=O) groups excluding carboxylic acids is 5. The van der Waals surface area contributed by atoms with Crippen LogP contribution in [-0.4, -0.2) is 101 Å². The number of likely N-dealkylation sites (tertiary alicyclic amines) is 1. The van der Waals surface area contributed by atoms with E-state index >= 15 is 0 Å². The zero-order valence-corrected chi connectivity index (χ0v) is 26.1. The van der Waals surface area contributed by atoms with Crippen LogP contribution in [0.25, 0.3) is 0 Å². The molecule has 2 heterocycles. The van der Waals surface area contributed by atoms with Crippen LogP contribution in [0.2, 0.25) is 0 Å². The standard InChI is InChI=1S/C29H43N5O5S2/c1-5-12-21(31-26(37)22-17-29(19-34(22)6-2)40-15-10-11-16-41-29)25(36)27(38)30-18-23(35)32-24(28(39)33(3)4)20-13-8-7-9-14-20/h7-9,13-14,21-22,24H,5-6,10-12,15-19H2,1-4H3,(H,30,38)(H,31,37)(H,32,35)/t21?,22?,24-/m0/s1. The molecule has 226 valence electrons. The molecule has 0 aromatic heterocycles. The van der Waals surface area contributed by atoms with Gasteiger partial charge in [-0.3, -0.25) is 28.9 Å². The average Bonchev–Trinajstić information content (AvgIpc) is 3.18. The van der Waals surface area contributed by atoms with Crippen LogP contribution in [0.3, 0.4) is 0 Å². The van der Waals surface area contributed by atoms with Gasteiger partial charge in [-0.1, -0.05) is 50.6 Å². The summed E-state index contributed by atoms with van der Waals surface area (Å²) >= 11 is 3.88. The van der Waals surface area contributed by atoms with Gasteiger partial charge in [0.1, 0.15) is 6.04 Å². The van der Waals surface area contributed by atoms with E-state index in [1.54, 1.807) is 44.4 Å². The van der Waals surface area contributed by atoms with E-state index in [1.165, 1.54) is 17.7 Å². The van der Waals surface area contributed by atoms with Crippen molar-refractivity contribution in [3.05, 3.63) is 35.9 Å². The number of benzene rings is 1. The van der Waals surface area contributed by atoms with E-state index in [9.17, 15) is 24.0 Å². The fourth-order valence-corrected chi connectivity index (χ4v) is 8.44. The van der Waals surface area contributed by atoms with Crippen molar-refractivity contribution in [2.45, 2.75) is 68.2 Å². The molecule has 2 unspecified atom stereocenters. The third kappa shape index (κ3) is 8.96. The van der Waals surface area contributed by atoms with Gasteiger partial charge in [0.05, 0.1) is 22.7 Å². The van der Waals surface area contributed by atoms with Gasteiger partial charge < -0.3 is 20.9 Å². The maximum absolute atomic E-state index is 13.4. The summed E-state index contributed by atoms with van der Waals surface area (Å²) in [5.41, 5.74) is 0.600. The normalized spacial score (nSPS) is 20.0. The average molecular weight is 606 g/mol. The van der Waals surface area contributed by atoms with Gasteiger partial charge in [0, 0.05) is 20.6 Å². The van der Waals surface area contributed by atoms with Crippen LogP contribution in [0.5, 0.6) is 0 Å². The van der Waals surface area contributed by atoms with E-state index in [4.69, 9.17) is 0 Å². The lowest BCUT2D eigenvalue weighted by Crippen LogP contribution is -2.53. The lowest BCUT2D eigenvalue weighted by molar-refractivity contribution is -0.141. The fraction of sp³-hybridized carbons (Fsp3) is 0.621. The van der Waals surface area contributed by atoms with Crippen LogP contribution < -0.4 is 16.0 Å². The molecule has 4 amide bonds. The minimum Gasteiger partial charge on any atom is -0.347 e. The molecule has 3 N–H and O–H groups in total. The van der Waals surface area contributed by atoms with Crippen LogP contribution in [0, 0.1) is 0 Å². The van der Waals surface area contributed by atoms with E-state index in [1.807, 2.05) is 37.4 Å². The zero-order chi connectivity index (χ0) is 30.0. The number of rotatable bonds is 12. The Morgan fingerprint density at radius 2 is 1.68 bits per heavy atom. The molecule has 2 fully saturated rings. The number of ketones is 1. The molecular weight excluding hydrogens is 562 g/mol. The highest BCUT2D eigenvalue weighted by atomic mass is 32.2. The fourth-order valence-electron chi connectivity index (χ4n) is 5.10. The number of amides is 4. The Morgan fingerprint density at radius 1 is 1.02 bits per heavy atom. The highest BCUT2D eigenvalue weighted by Crippen LogP contribution is 2.49. The number of nitrogens with zero attached hydrogens (tertiary/aromatic N) is 2. The number of thioether (sulfide) groups is 2. The van der Waals surface area contributed by atoms with Gasteiger partial charge in [0.2, 0.25) is 23.5 Å². The zero-order valence-electron chi connectivity index (χ0n) is 24.4. The minimum absolute atomic E-state index is 0.0188. The monoisotopic (exact) mass is 605 g/mol. The second kappa shape index (κ2) is 15.6. The van der Waals surface area contributed by atoms with Crippen molar-refractivity contribution >= 4 is 52.9 Å². The van der Waals surface area contributed by atoms with Gasteiger partial charge in [0.15, 0.2) is 0 Å². The molecule has 12 heteroatoms. The summed E-state index contributed by atoms with van der Waals surface area (Å²) in [5, 5.41) is 7.86. The maximum atomic E-state index is 13.4. The van der Waals surface area contributed by atoms with Crippen molar-refractivity contribution in [1.29, 1.82) is 0 Å². The van der Waals surface area contributed by atoms with Crippen molar-refractivity contribution in [2.24, 2.45) is 0 Å². The molecule has 10 nitrogen and oxygen atoms in total. The summed E-state index contributed by atoms with van der Waals surface area (Å²) in [4.78, 5) is 68.2. The molecule has 2 aliphatic heterocycles. The number of carbonyl (C=O) groups is 5. The number of Topliss-reactive ketones (excluding diaryl/α,β-unsaturated/α-hetero) is 1. The Balaban J connectivity index is 1.59. The van der Waals surface area contributed by atoms with Crippen molar-refractivity contribution in [2.75, 3.05) is 45.2 Å². The maximum Gasteiger partial charge on any atom is 0.290 e. The van der Waals surface area contributed by atoms with Crippen LogP contribution >= 0.6 is 23.5 Å². The largest absolute Gasteiger partial charge is 0.347 e. The number of nitrogens with one attached hydrogen (secondary N) is 3. The molecule has 0 bridgehead atoms. The van der Waals surface area contributed by atoms with E-state index in [0.29, 0.717) is 24.8 Å². The number of likely N-dealkylation sites (N-methyl/N-ethyl adjacent to an activating group) is 2. The third-order valence-corrected chi connectivity index (χ3v) is 10.7. The molecule has 3 rings (SSSR count). The van der Waals surface area contributed by atoms with Gasteiger partial charge >= 0.3 is 0 Å². The summed E-state index contributed by atoms with van der Waals surface area (Å²) in [6.45, 7) is 4.98. The van der Waals surface area contributed by atoms with Crippen molar-refractivity contribution in [3.8, 4) is 0 Å². The minimum atomic E-state index is -0.979. The first-order valence-electron chi connectivity index (χ1n) is 14.3.